The highest BCUT2D eigenvalue weighted by Gasteiger charge is 2.33. The molecule has 4 aromatic rings. The zero-order chi connectivity index (χ0) is 17.7. The van der Waals surface area contributed by atoms with Crippen molar-refractivity contribution >= 4 is 21.7 Å². The molecule has 26 heavy (non-hydrogen) atoms. The average molecular weight is 338 g/mol. The molecule has 1 aliphatic rings. The molecular formula is C21H14N4O. The van der Waals surface area contributed by atoms with Crippen molar-refractivity contribution in [2.24, 2.45) is 5.11 Å². The van der Waals surface area contributed by atoms with Crippen LogP contribution in [-0.2, 0) is 0 Å². The first-order valence-corrected chi connectivity index (χ1v) is 8.42. The van der Waals surface area contributed by atoms with Gasteiger partial charge in [0, 0.05) is 15.9 Å². The van der Waals surface area contributed by atoms with E-state index < -0.39 is 12.1 Å². The summed E-state index contributed by atoms with van der Waals surface area (Å²) < 4.78 is 0. The second-order valence-electron chi connectivity index (χ2n) is 6.46. The number of benzene rings is 3. The van der Waals surface area contributed by atoms with E-state index in [1.54, 1.807) is 0 Å². The summed E-state index contributed by atoms with van der Waals surface area (Å²) >= 11 is 0. The van der Waals surface area contributed by atoms with E-state index in [1.165, 1.54) is 0 Å². The fourth-order valence-corrected chi connectivity index (χ4v) is 3.88. The molecule has 0 saturated heterocycles. The predicted molar refractivity (Wildman–Crippen MR) is 102 cm³/mol. The Kier molecular flexibility index (Phi) is 3.19. The van der Waals surface area contributed by atoms with E-state index in [9.17, 15) is 5.11 Å². The zero-order valence-corrected chi connectivity index (χ0v) is 13.7. The Balaban J connectivity index is 1.92. The topological polar surface area (TPSA) is 81.9 Å². The third-order valence-corrected chi connectivity index (χ3v) is 5.08. The van der Waals surface area contributed by atoms with Gasteiger partial charge in [-0.3, -0.25) is 4.98 Å². The first-order valence-electron chi connectivity index (χ1n) is 8.42. The van der Waals surface area contributed by atoms with E-state index >= 15 is 0 Å². The third kappa shape index (κ3) is 2.02. The van der Waals surface area contributed by atoms with Crippen LogP contribution in [0, 0.1) is 0 Å². The van der Waals surface area contributed by atoms with Crippen molar-refractivity contribution in [2.75, 3.05) is 0 Å². The molecule has 2 atom stereocenters. The van der Waals surface area contributed by atoms with Crippen LogP contribution in [0.3, 0.4) is 0 Å². The maximum Gasteiger partial charge on any atom is 0.110 e. The number of aliphatic hydroxyl groups is 1. The number of nitrogens with zero attached hydrogens (tertiary/aromatic N) is 4. The molecule has 0 radical (unpaired) electrons. The van der Waals surface area contributed by atoms with E-state index in [4.69, 9.17) is 10.5 Å². The van der Waals surface area contributed by atoms with Crippen LogP contribution >= 0.6 is 0 Å². The van der Waals surface area contributed by atoms with Gasteiger partial charge in [0.25, 0.3) is 0 Å². The Morgan fingerprint density at radius 1 is 0.923 bits per heavy atom. The van der Waals surface area contributed by atoms with Crippen LogP contribution in [0.25, 0.3) is 43.2 Å². The van der Waals surface area contributed by atoms with Crippen LogP contribution < -0.4 is 0 Å². The number of aromatic nitrogens is 1. The van der Waals surface area contributed by atoms with E-state index in [-0.39, 0.29) is 0 Å². The van der Waals surface area contributed by atoms with Crippen molar-refractivity contribution in [3.63, 3.8) is 0 Å². The lowest BCUT2D eigenvalue weighted by molar-refractivity contribution is 0.144. The first kappa shape index (κ1) is 14.9. The molecule has 1 aliphatic carbocycles. The van der Waals surface area contributed by atoms with E-state index in [1.807, 2.05) is 48.5 Å². The molecule has 0 fully saturated rings. The van der Waals surface area contributed by atoms with Crippen LogP contribution in [0.15, 0.2) is 71.8 Å². The summed E-state index contributed by atoms with van der Waals surface area (Å²) in [6, 6.07) is 21.2. The molecule has 0 saturated carbocycles. The molecular weight excluding hydrogens is 324 g/mol. The standard InChI is InChI=1S/C21H14N4O/c22-25-24-20-19-17(14-7-3-4-8-15(14)21(20)26)11-16-13-6-2-1-5-12(13)9-10-18(16)23-19/h1-11,20-21,26H/t20-,21-/m1/s1. The fraction of sp³-hybridized carbons (Fsp3) is 0.0952. The molecule has 0 amide bonds. The Bertz CT molecular complexity index is 1230. The van der Waals surface area contributed by atoms with Crippen molar-refractivity contribution in [1.29, 1.82) is 0 Å². The lowest BCUT2D eigenvalue weighted by Crippen LogP contribution is -2.17. The quantitative estimate of drug-likeness (QED) is 0.216. The van der Waals surface area contributed by atoms with Gasteiger partial charge in [-0.25, -0.2) is 0 Å². The van der Waals surface area contributed by atoms with Crippen molar-refractivity contribution in [2.45, 2.75) is 12.1 Å². The van der Waals surface area contributed by atoms with Gasteiger partial charge < -0.3 is 5.11 Å². The van der Waals surface area contributed by atoms with Gasteiger partial charge in [-0.2, -0.15) is 0 Å². The van der Waals surface area contributed by atoms with E-state index in [2.05, 4.69) is 28.2 Å². The molecule has 1 heterocycles. The maximum atomic E-state index is 10.7. The lowest BCUT2D eigenvalue weighted by atomic mass is 9.83. The average Bonchev–Trinajstić information content (AvgIpc) is 2.70. The van der Waals surface area contributed by atoms with Gasteiger partial charge in [-0.05, 0) is 39.6 Å². The van der Waals surface area contributed by atoms with Crippen LogP contribution in [-0.4, -0.2) is 10.1 Å². The van der Waals surface area contributed by atoms with Gasteiger partial charge >= 0.3 is 0 Å². The molecule has 0 unspecified atom stereocenters. The van der Waals surface area contributed by atoms with Gasteiger partial charge in [0.2, 0.25) is 0 Å². The number of pyridine rings is 1. The molecule has 5 heteroatoms. The Morgan fingerprint density at radius 3 is 2.62 bits per heavy atom. The molecule has 1 N–H and O–H groups in total. The largest absolute Gasteiger partial charge is 0.388 e. The van der Waals surface area contributed by atoms with Crippen molar-refractivity contribution in [1.82, 2.24) is 4.98 Å². The Hall–Kier alpha value is -3.40. The molecule has 0 aliphatic heterocycles. The zero-order valence-electron chi connectivity index (χ0n) is 13.7. The number of hydrogen-bond donors (Lipinski definition) is 1. The minimum Gasteiger partial charge on any atom is -0.388 e. The van der Waals surface area contributed by atoms with Crippen LogP contribution in [0.1, 0.15) is 23.4 Å². The van der Waals surface area contributed by atoms with E-state index in [0.29, 0.717) is 5.69 Å². The number of fused-ring (bicyclic) bond motifs is 6. The Labute approximate surface area is 149 Å². The highest BCUT2D eigenvalue weighted by atomic mass is 16.3. The van der Waals surface area contributed by atoms with Gasteiger partial charge in [-0.1, -0.05) is 59.7 Å². The predicted octanol–water partition coefficient (Wildman–Crippen LogP) is 5.45. The SMILES string of the molecule is [N-]=[N+]=N[C@@H]1c2nc3ccc4ccccc4c3cc2-c2ccccc2[C@H]1O. The number of azide groups is 1. The summed E-state index contributed by atoms with van der Waals surface area (Å²) in [4.78, 5) is 7.73. The summed E-state index contributed by atoms with van der Waals surface area (Å²) in [7, 11) is 0. The van der Waals surface area contributed by atoms with Crippen LogP contribution in [0.5, 0.6) is 0 Å². The number of aliphatic hydroxyl groups excluding tert-OH is 1. The molecule has 0 spiro atoms. The van der Waals surface area contributed by atoms with Crippen molar-refractivity contribution in [3.05, 3.63) is 88.4 Å². The normalized spacial score (nSPS) is 18.2. The molecule has 124 valence electrons. The summed E-state index contributed by atoms with van der Waals surface area (Å²) in [6.45, 7) is 0. The minimum absolute atomic E-state index is 0.622. The molecule has 3 aromatic carbocycles. The summed E-state index contributed by atoms with van der Waals surface area (Å²) in [6.07, 6.45) is -0.903. The van der Waals surface area contributed by atoms with Crippen LogP contribution in [0.4, 0.5) is 0 Å². The molecule has 5 nitrogen and oxygen atoms in total. The summed E-state index contributed by atoms with van der Waals surface area (Å²) in [5.41, 5.74) is 13.0. The third-order valence-electron chi connectivity index (χ3n) is 5.08. The Morgan fingerprint density at radius 2 is 1.73 bits per heavy atom. The molecule has 5 rings (SSSR count). The highest BCUT2D eigenvalue weighted by molar-refractivity contribution is 6.07. The van der Waals surface area contributed by atoms with E-state index in [0.717, 1.165) is 38.4 Å². The number of rotatable bonds is 1. The lowest BCUT2D eigenvalue weighted by Gasteiger charge is -2.29. The second-order valence-corrected chi connectivity index (χ2v) is 6.46. The smallest absolute Gasteiger partial charge is 0.110 e. The fourth-order valence-electron chi connectivity index (χ4n) is 3.88. The highest BCUT2D eigenvalue weighted by Crippen LogP contribution is 2.46. The van der Waals surface area contributed by atoms with Crippen molar-refractivity contribution < 1.29 is 5.11 Å². The second kappa shape index (κ2) is 5.56. The minimum atomic E-state index is -0.903. The van der Waals surface area contributed by atoms with Gasteiger partial charge in [0.05, 0.1) is 17.3 Å². The van der Waals surface area contributed by atoms with Crippen LogP contribution in [0.2, 0.25) is 0 Å². The monoisotopic (exact) mass is 338 g/mol. The maximum absolute atomic E-state index is 10.7. The molecule has 0 bridgehead atoms. The first-order chi connectivity index (χ1) is 12.8. The summed E-state index contributed by atoms with van der Waals surface area (Å²) in [5.74, 6) is 0. The van der Waals surface area contributed by atoms with Gasteiger partial charge in [-0.15, -0.1) is 0 Å². The van der Waals surface area contributed by atoms with Crippen molar-refractivity contribution in [3.8, 4) is 11.1 Å². The van der Waals surface area contributed by atoms with Gasteiger partial charge in [0.15, 0.2) is 0 Å². The van der Waals surface area contributed by atoms with Gasteiger partial charge in [0.1, 0.15) is 6.04 Å². The number of hydrogen-bond acceptors (Lipinski definition) is 3. The summed E-state index contributed by atoms with van der Waals surface area (Å²) in [5, 5.41) is 17.9. The molecule has 1 aromatic heterocycles.